The van der Waals surface area contributed by atoms with Crippen molar-refractivity contribution in [2.24, 2.45) is 0 Å². The Balaban J connectivity index is 2.30. The molecule has 1 N–H and O–H groups in total. The number of aliphatic hydroxyl groups is 1. The topological polar surface area (TPSA) is 38.7 Å². The lowest BCUT2D eigenvalue weighted by molar-refractivity contribution is 0.173. The molecular weight excluding hydrogens is 216 g/mol. The van der Waals surface area contributed by atoms with Crippen LogP contribution in [-0.2, 0) is 4.74 Å². The third kappa shape index (κ3) is 5.20. The molecule has 0 aliphatic carbocycles. The molecule has 0 saturated carbocycles. The fraction of sp³-hybridized carbons (Fsp3) is 0.571. The van der Waals surface area contributed by atoms with Gasteiger partial charge in [-0.3, -0.25) is 0 Å². The highest BCUT2D eigenvalue weighted by molar-refractivity contribution is 5.28. The lowest BCUT2D eigenvalue weighted by Gasteiger charge is -2.10. The van der Waals surface area contributed by atoms with E-state index in [0.29, 0.717) is 6.61 Å². The van der Waals surface area contributed by atoms with Crippen molar-refractivity contribution in [1.82, 2.24) is 0 Å². The quantitative estimate of drug-likeness (QED) is 0.708. The van der Waals surface area contributed by atoms with Crippen molar-refractivity contribution >= 4 is 0 Å². The highest BCUT2D eigenvalue weighted by atomic mass is 16.5. The van der Waals surface area contributed by atoms with Gasteiger partial charge in [0.2, 0.25) is 0 Å². The van der Waals surface area contributed by atoms with Gasteiger partial charge in [0.05, 0.1) is 12.7 Å². The SMILES string of the molecule is CCC(O)c1ccc(OCCCCOC)cc1. The van der Waals surface area contributed by atoms with E-state index < -0.39 is 0 Å². The average molecular weight is 238 g/mol. The van der Waals surface area contributed by atoms with Crippen molar-refractivity contribution in [3.05, 3.63) is 29.8 Å². The smallest absolute Gasteiger partial charge is 0.119 e. The van der Waals surface area contributed by atoms with E-state index in [1.54, 1.807) is 7.11 Å². The Morgan fingerprint density at radius 3 is 2.35 bits per heavy atom. The van der Waals surface area contributed by atoms with Crippen LogP contribution in [0.25, 0.3) is 0 Å². The normalized spacial score (nSPS) is 12.4. The van der Waals surface area contributed by atoms with Crippen LogP contribution in [0, 0.1) is 0 Å². The van der Waals surface area contributed by atoms with E-state index >= 15 is 0 Å². The van der Waals surface area contributed by atoms with Crippen LogP contribution in [0.2, 0.25) is 0 Å². The Morgan fingerprint density at radius 2 is 1.76 bits per heavy atom. The van der Waals surface area contributed by atoms with Crippen molar-refractivity contribution in [2.45, 2.75) is 32.3 Å². The van der Waals surface area contributed by atoms with Crippen LogP contribution in [-0.4, -0.2) is 25.4 Å². The molecule has 0 saturated heterocycles. The molecule has 3 heteroatoms. The first-order chi connectivity index (χ1) is 8.27. The molecule has 17 heavy (non-hydrogen) atoms. The molecule has 1 unspecified atom stereocenters. The van der Waals surface area contributed by atoms with Gasteiger partial charge in [0.1, 0.15) is 5.75 Å². The maximum Gasteiger partial charge on any atom is 0.119 e. The summed E-state index contributed by atoms with van der Waals surface area (Å²) >= 11 is 0. The van der Waals surface area contributed by atoms with Crippen LogP contribution < -0.4 is 4.74 Å². The van der Waals surface area contributed by atoms with Gasteiger partial charge in [-0.25, -0.2) is 0 Å². The molecule has 1 atom stereocenters. The molecule has 96 valence electrons. The van der Waals surface area contributed by atoms with Gasteiger partial charge in [-0.2, -0.15) is 0 Å². The number of hydrogen-bond donors (Lipinski definition) is 1. The van der Waals surface area contributed by atoms with Gasteiger partial charge in [-0.15, -0.1) is 0 Å². The van der Waals surface area contributed by atoms with Gasteiger partial charge in [0.25, 0.3) is 0 Å². The van der Waals surface area contributed by atoms with Gasteiger partial charge in [0.15, 0.2) is 0 Å². The minimum atomic E-state index is -0.370. The number of ether oxygens (including phenoxy) is 2. The van der Waals surface area contributed by atoms with E-state index in [0.717, 1.165) is 37.2 Å². The van der Waals surface area contributed by atoms with Crippen LogP contribution in [0.4, 0.5) is 0 Å². The first-order valence-electron chi connectivity index (χ1n) is 6.17. The van der Waals surface area contributed by atoms with Crippen molar-refractivity contribution < 1.29 is 14.6 Å². The first kappa shape index (κ1) is 14.0. The predicted octanol–water partition coefficient (Wildman–Crippen LogP) is 2.94. The Morgan fingerprint density at radius 1 is 1.12 bits per heavy atom. The maximum atomic E-state index is 9.64. The standard InChI is InChI=1S/C14H22O3/c1-3-14(15)12-6-8-13(9-7-12)17-11-5-4-10-16-2/h6-9,14-15H,3-5,10-11H2,1-2H3. The fourth-order valence-corrected chi connectivity index (χ4v) is 1.56. The zero-order chi connectivity index (χ0) is 12.5. The van der Waals surface area contributed by atoms with Crippen LogP contribution in [0.15, 0.2) is 24.3 Å². The highest BCUT2D eigenvalue weighted by Crippen LogP contribution is 2.19. The minimum absolute atomic E-state index is 0.370. The highest BCUT2D eigenvalue weighted by Gasteiger charge is 2.04. The molecule has 0 amide bonds. The third-order valence-electron chi connectivity index (χ3n) is 2.66. The van der Waals surface area contributed by atoms with Gasteiger partial charge < -0.3 is 14.6 Å². The summed E-state index contributed by atoms with van der Waals surface area (Å²) in [5.74, 6) is 0.856. The van der Waals surface area contributed by atoms with Gasteiger partial charge in [-0.1, -0.05) is 19.1 Å². The second kappa shape index (κ2) is 8.09. The van der Waals surface area contributed by atoms with E-state index in [9.17, 15) is 5.11 Å². The van der Waals surface area contributed by atoms with Crippen LogP contribution in [0.5, 0.6) is 5.75 Å². The van der Waals surface area contributed by atoms with Crippen LogP contribution in [0.3, 0.4) is 0 Å². The summed E-state index contributed by atoms with van der Waals surface area (Å²) in [4.78, 5) is 0. The third-order valence-corrected chi connectivity index (χ3v) is 2.66. The largest absolute Gasteiger partial charge is 0.494 e. The van der Waals surface area contributed by atoms with E-state index in [1.807, 2.05) is 31.2 Å². The number of benzene rings is 1. The molecule has 1 rings (SSSR count). The lowest BCUT2D eigenvalue weighted by atomic mass is 10.1. The maximum absolute atomic E-state index is 9.64. The van der Waals surface area contributed by atoms with Crippen molar-refractivity contribution in [3.63, 3.8) is 0 Å². The number of rotatable bonds is 8. The Labute approximate surface area is 103 Å². The second-order valence-corrected chi connectivity index (χ2v) is 4.04. The molecule has 0 fully saturated rings. The van der Waals surface area contributed by atoms with Gasteiger partial charge >= 0.3 is 0 Å². The predicted molar refractivity (Wildman–Crippen MR) is 68.3 cm³/mol. The van der Waals surface area contributed by atoms with Gasteiger partial charge in [0, 0.05) is 13.7 Å². The Hall–Kier alpha value is -1.06. The summed E-state index contributed by atoms with van der Waals surface area (Å²) in [5, 5.41) is 9.64. The summed E-state index contributed by atoms with van der Waals surface area (Å²) in [6.45, 7) is 3.45. The van der Waals surface area contributed by atoms with E-state index in [2.05, 4.69) is 0 Å². The van der Waals surface area contributed by atoms with E-state index in [4.69, 9.17) is 9.47 Å². The zero-order valence-corrected chi connectivity index (χ0v) is 10.7. The van der Waals surface area contributed by atoms with Crippen molar-refractivity contribution in [3.8, 4) is 5.75 Å². The fourth-order valence-electron chi connectivity index (χ4n) is 1.56. The summed E-state index contributed by atoms with van der Waals surface area (Å²) in [7, 11) is 1.71. The lowest BCUT2D eigenvalue weighted by Crippen LogP contribution is -2.00. The van der Waals surface area contributed by atoms with Crippen LogP contribution in [0.1, 0.15) is 37.9 Å². The number of aliphatic hydroxyl groups excluding tert-OH is 1. The molecule has 0 heterocycles. The molecule has 0 bridgehead atoms. The molecule has 0 aliphatic rings. The molecule has 3 nitrogen and oxygen atoms in total. The second-order valence-electron chi connectivity index (χ2n) is 4.04. The summed E-state index contributed by atoms with van der Waals surface area (Å²) in [6, 6.07) is 7.65. The van der Waals surface area contributed by atoms with Gasteiger partial charge in [-0.05, 0) is 37.0 Å². The van der Waals surface area contributed by atoms with Crippen molar-refractivity contribution in [1.29, 1.82) is 0 Å². The summed E-state index contributed by atoms with van der Waals surface area (Å²) in [6.07, 6.45) is 2.37. The molecule has 0 aliphatic heterocycles. The molecule has 1 aromatic rings. The zero-order valence-electron chi connectivity index (χ0n) is 10.7. The van der Waals surface area contributed by atoms with E-state index in [1.165, 1.54) is 0 Å². The molecule has 0 aromatic heterocycles. The molecule has 0 radical (unpaired) electrons. The minimum Gasteiger partial charge on any atom is -0.494 e. The summed E-state index contributed by atoms with van der Waals surface area (Å²) < 4.78 is 10.5. The molecule has 1 aromatic carbocycles. The Kier molecular flexibility index (Phi) is 6.67. The number of methoxy groups -OCH3 is 1. The number of unbranched alkanes of at least 4 members (excludes halogenated alkanes) is 1. The average Bonchev–Trinajstić information content (AvgIpc) is 2.38. The van der Waals surface area contributed by atoms with Crippen molar-refractivity contribution in [2.75, 3.05) is 20.3 Å². The van der Waals surface area contributed by atoms with E-state index in [-0.39, 0.29) is 6.10 Å². The summed E-state index contributed by atoms with van der Waals surface area (Å²) in [5.41, 5.74) is 0.944. The Bertz CT molecular complexity index is 295. The molecular formula is C14H22O3. The number of hydrogen-bond acceptors (Lipinski definition) is 3. The molecule has 0 spiro atoms. The first-order valence-corrected chi connectivity index (χ1v) is 6.17. The van der Waals surface area contributed by atoms with Crippen LogP contribution >= 0.6 is 0 Å². The monoisotopic (exact) mass is 238 g/mol.